The van der Waals surface area contributed by atoms with Crippen molar-refractivity contribution in [2.24, 2.45) is 0 Å². The third kappa shape index (κ3) is 3.46. The number of carboxylic acids is 1. The second-order valence-corrected chi connectivity index (χ2v) is 6.61. The molecule has 0 aromatic rings. The maximum Gasteiger partial charge on any atom is 0.408 e. The zero-order valence-corrected chi connectivity index (χ0v) is 12.6. The summed E-state index contributed by atoms with van der Waals surface area (Å²) in [5.74, 6) is -1.30. The Morgan fingerprint density at radius 3 is 2.43 bits per heavy atom. The van der Waals surface area contributed by atoms with Crippen molar-refractivity contribution in [1.29, 1.82) is 0 Å². The number of hydrogen-bond donors (Lipinski definition) is 2. The highest BCUT2D eigenvalue weighted by molar-refractivity contribution is 5.90. The topological polar surface area (TPSA) is 95.9 Å². The molecule has 118 valence electrons. The Labute approximate surface area is 123 Å². The number of carboxylic acid groups (broad SMARTS) is 1. The number of nitrogens with one attached hydrogen (secondary N) is 1. The summed E-state index contributed by atoms with van der Waals surface area (Å²) < 4.78 is 5.14. The van der Waals surface area contributed by atoms with Crippen molar-refractivity contribution in [1.82, 2.24) is 10.2 Å². The molecule has 2 amide bonds. The zero-order chi connectivity index (χ0) is 15.8. The number of carbonyl (C=O) groups excluding carboxylic acids is 2. The van der Waals surface area contributed by atoms with Crippen LogP contribution in [0.3, 0.4) is 0 Å². The number of amides is 2. The number of carbonyl (C=O) groups is 3. The van der Waals surface area contributed by atoms with Crippen LogP contribution >= 0.6 is 0 Å². The molecule has 0 aromatic heterocycles. The van der Waals surface area contributed by atoms with Gasteiger partial charge in [0.05, 0.1) is 0 Å². The fourth-order valence-corrected chi connectivity index (χ4v) is 2.99. The smallest absolute Gasteiger partial charge is 0.408 e. The fourth-order valence-electron chi connectivity index (χ4n) is 2.99. The van der Waals surface area contributed by atoms with Gasteiger partial charge >= 0.3 is 12.1 Å². The molecule has 0 bridgehead atoms. The van der Waals surface area contributed by atoms with Crippen molar-refractivity contribution in [3.63, 3.8) is 0 Å². The van der Waals surface area contributed by atoms with Crippen LogP contribution in [-0.2, 0) is 14.3 Å². The van der Waals surface area contributed by atoms with Crippen LogP contribution in [0.1, 0.15) is 46.5 Å². The molecule has 2 fully saturated rings. The lowest BCUT2D eigenvalue weighted by atomic mass is 9.98. The van der Waals surface area contributed by atoms with E-state index < -0.39 is 29.7 Å². The van der Waals surface area contributed by atoms with Crippen LogP contribution in [0, 0.1) is 0 Å². The lowest BCUT2D eigenvalue weighted by molar-refractivity contribution is -0.152. The molecule has 0 saturated carbocycles. The van der Waals surface area contributed by atoms with E-state index in [9.17, 15) is 19.5 Å². The van der Waals surface area contributed by atoms with Crippen LogP contribution in [0.2, 0.25) is 0 Å². The van der Waals surface area contributed by atoms with Gasteiger partial charge in [-0.2, -0.15) is 0 Å². The van der Waals surface area contributed by atoms with Gasteiger partial charge in [0.1, 0.15) is 17.7 Å². The lowest BCUT2D eigenvalue weighted by Gasteiger charge is -2.37. The van der Waals surface area contributed by atoms with Crippen LogP contribution in [0.25, 0.3) is 0 Å². The van der Waals surface area contributed by atoms with Crippen molar-refractivity contribution >= 4 is 18.0 Å². The van der Waals surface area contributed by atoms with Gasteiger partial charge in [-0.25, -0.2) is 9.59 Å². The average Bonchev–Trinajstić information content (AvgIpc) is 2.75. The summed E-state index contributed by atoms with van der Waals surface area (Å²) in [6, 6.07) is -1.49. The number of ether oxygens (including phenoxy) is 1. The van der Waals surface area contributed by atoms with Crippen molar-refractivity contribution in [2.75, 3.05) is 0 Å². The molecule has 21 heavy (non-hydrogen) atoms. The Kier molecular flexibility index (Phi) is 4.11. The second kappa shape index (κ2) is 5.54. The molecule has 2 aliphatic rings. The van der Waals surface area contributed by atoms with Gasteiger partial charge in [0.15, 0.2) is 0 Å². The Morgan fingerprint density at radius 2 is 1.86 bits per heavy atom. The highest BCUT2D eigenvalue weighted by atomic mass is 16.6. The summed E-state index contributed by atoms with van der Waals surface area (Å²) in [5.41, 5.74) is -0.637. The summed E-state index contributed by atoms with van der Waals surface area (Å²) >= 11 is 0. The summed E-state index contributed by atoms with van der Waals surface area (Å²) in [7, 11) is 0. The number of fused-ring (bicyclic) bond motifs is 1. The standard InChI is InChI=1S/C14H22N2O5/c1-14(2,3)21-13(20)15-9-6-4-8-5-7-10(12(18)19)16(8)11(9)17/h8-10H,4-7H2,1-3H3,(H,15,20)(H,18,19)/t8-,9+,10+/m1/s1. The maximum absolute atomic E-state index is 12.4. The molecule has 7 nitrogen and oxygen atoms in total. The minimum atomic E-state index is -0.983. The Balaban J connectivity index is 2.02. The first-order chi connectivity index (χ1) is 9.69. The molecular weight excluding hydrogens is 276 g/mol. The van der Waals surface area contributed by atoms with E-state index in [1.54, 1.807) is 20.8 Å². The van der Waals surface area contributed by atoms with Gasteiger partial charge in [-0.1, -0.05) is 0 Å². The van der Waals surface area contributed by atoms with Crippen LogP contribution in [0.4, 0.5) is 4.79 Å². The second-order valence-electron chi connectivity index (χ2n) is 6.61. The number of alkyl carbamates (subject to hydrolysis) is 1. The molecule has 0 radical (unpaired) electrons. The predicted octanol–water partition coefficient (Wildman–Crippen LogP) is 1.12. The lowest BCUT2D eigenvalue weighted by Crippen LogP contribution is -2.57. The summed E-state index contributed by atoms with van der Waals surface area (Å²) in [4.78, 5) is 36.8. The van der Waals surface area contributed by atoms with E-state index >= 15 is 0 Å². The summed E-state index contributed by atoms with van der Waals surface area (Å²) in [6.45, 7) is 5.23. The van der Waals surface area contributed by atoms with Crippen molar-refractivity contribution < 1.29 is 24.2 Å². The zero-order valence-electron chi connectivity index (χ0n) is 12.6. The first-order valence-corrected chi connectivity index (χ1v) is 7.23. The number of hydrogen-bond acceptors (Lipinski definition) is 4. The quantitative estimate of drug-likeness (QED) is 0.796. The maximum atomic E-state index is 12.4. The average molecular weight is 298 g/mol. The minimum Gasteiger partial charge on any atom is -0.480 e. The highest BCUT2D eigenvalue weighted by Gasteiger charge is 2.46. The van der Waals surface area contributed by atoms with E-state index in [2.05, 4.69) is 5.32 Å². The van der Waals surface area contributed by atoms with Gasteiger partial charge in [0.2, 0.25) is 5.91 Å². The highest BCUT2D eigenvalue weighted by Crippen LogP contribution is 2.32. The van der Waals surface area contributed by atoms with Crippen LogP contribution in [0.15, 0.2) is 0 Å². The van der Waals surface area contributed by atoms with Gasteiger partial charge < -0.3 is 20.1 Å². The number of piperidine rings is 1. The van der Waals surface area contributed by atoms with Gasteiger partial charge in [-0.3, -0.25) is 4.79 Å². The van der Waals surface area contributed by atoms with E-state index in [4.69, 9.17) is 4.74 Å². The largest absolute Gasteiger partial charge is 0.480 e. The van der Waals surface area contributed by atoms with Gasteiger partial charge in [-0.05, 0) is 46.5 Å². The summed E-state index contributed by atoms with van der Waals surface area (Å²) in [6.07, 6.45) is 1.76. The third-order valence-electron chi connectivity index (χ3n) is 3.82. The van der Waals surface area contributed by atoms with E-state index in [1.165, 1.54) is 4.90 Å². The SMILES string of the molecule is CC(C)(C)OC(=O)N[C@H]1CC[C@@H]2CC[C@@H](C(=O)O)N2C1=O. The normalized spacial score (nSPS) is 29.0. The molecule has 2 saturated heterocycles. The minimum absolute atomic E-state index is 0.0183. The first-order valence-electron chi connectivity index (χ1n) is 7.23. The van der Waals surface area contributed by atoms with Gasteiger partial charge in [0, 0.05) is 6.04 Å². The molecule has 2 aliphatic heterocycles. The monoisotopic (exact) mass is 298 g/mol. The van der Waals surface area contributed by atoms with Gasteiger partial charge in [0.25, 0.3) is 0 Å². The third-order valence-corrected chi connectivity index (χ3v) is 3.82. The number of rotatable bonds is 2. The molecule has 0 spiro atoms. The molecular formula is C14H22N2O5. The Bertz CT molecular complexity index is 457. The Hall–Kier alpha value is -1.79. The molecule has 2 rings (SSSR count). The number of nitrogens with zero attached hydrogens (tertiary/aromatic N) is 1. The molecule has 0 unspecified atom stereocenters. The number of aliphatic carboxylic acids is 1. The molecule has 2 N–H and O–H groups in total. The first kappa shape index (κ1) is 15.6. The molecule has 3 atom stereocenters. The van der Waals surface area contributed by atoms with Crippen molar-refractivity contribution in [3.8, 4) is 0 Å². The van der Waals surface area contributed by atoms with E-state index in [0.29, 0.717) is 25.7 Å². The predicted molar refractivity (Wildman–Crippen MR) is 73.7 cm³/mol. The molecule has 2 heterocycles. The molecule has 7 heteroatoms. The summed E-state index contributed by atoms with van der Waals surface area (Å²) in [5, 5.41) is 11.7. The van der Waals surface area contributed by atoms with Crippen LogP contribution in [-0.4, -0.2) is 51.7 Å². The van der Waals surface area contributed by atoms with E-state index in [-0.39, 0.29) is 11.9 Å². The fraction of sp³-hybridized carbons (Fsp3) is 0.786. The molecule has 0 aromatic carbocycles. The van der Waals surface area contributed by atoms with Crippen LogP contribution < -0.4 is 5.32 Å². The Morgan fingerprint density at radius 1 is 1.24 bits per heavy atom. The van der Waals surface area contributed by atoms with Crippen molar-refractivity contribution in [2.45, 2.75) is 70.2 Å². The molecule has 0 aliphatic carbocycles. The van der Waals surface area contributed by atoms with Crippen LogP contribution in [0.5, 0.6) is 0 Å². The van der Waals surface area contributed by atoms with E-state index in [1.807, 2.05) is 0 Å². The van der Waals surface area contributed by atoms with Gasteiger partial charge in [-0.15, -0.1) is 0 Å². The van der Waals surface area contributed by atoms with Crippen molar-refractivity contribution in [3.05, 3.63) is 0 Å². The van der Waals surface area contributed by atoms with E-state index in [0.717, 1.165) is 0 Å².